The lowest BCUT2D eigenvalue weighted by Gasteiger charge is -2.28. The molecule has 0 N–H and O–H groups in total. The smallest absolute Gasteiger partial charge is 0.198 e. The van der Waals surface area contributed by atoms with Crippen LogP contribution in [0.3, 0.4) is 0 Å². The monoisotopic (exact) mass is 254 g/mol. The lowest BCUT2D eigenvalue weighted by atomic mass is 10.0. The Morgan fingerprint density at radius 3 is 1.27 bits per heavy atom. The summed E-state index contributed by atoms with van der Waals surface area (Å²) in [5.41, 5.74) is 0. The van der Waals surface area contributed by atoms with Crippen molar-refractivity contribution < 1.29 is 20.5 Å². The molecule has 0 unspecified atom stereocenters. The Morgan fingerprint density at radius 1 is 0.733 bits per heavy atom. The molecule has 0 amide bonds. The van der Waals surface area contributed by atoms with Gasteiger partial charge in [-0.3, -0.25) is 0 Å². The van der Waals surface area contributed by atoms with Gasteiger partial charge in [-0.25, -0.2) is 0 Å². The van der Waals surface area contributed by atoms with E-state index in [1.165, 1.54) is 0 Å². The van der Waals surface area contributed by atoms with Gasteiger partial charge in [-0.15, -0.1) is 3.63 Å². The number of hydrogen-bond acceptors (Lipinski definition) is 5. The highest BCUT2D eigenvalue weighted by atomic mass is 32.3. The van der Waals surface area contributed by atoms with Crippen LogP contribution in [0.1, 0.15) is 38.5 Å². The summed E-state index contributed by atoms with van der Waals surface area (Å²) in [6.07, 6.45) is 3.73. The van der Waals surface area contributed by atoms with Crippen LogP contribution < -0.4 is 0 Å². The van der Waals surface area contributed by atoms with Gasteiger partial charge in [0, 0.05) is 0 Å². The Labute approximate surface area is 90.1 Å². The third kappa shape index (κ3) is 2.19. The molecular formula is C8H14O5S2. The molecule has 2 rings (SSSR count). The minimum Gasteiger partial charge on any atom is -0.198 e. The van der Waals surface area contributed by atoms with E-state index < -0.39 is 30.7 Å². The number of rotatable bonds is 4. The zero-order valence-electron chi connectivity index (χ0n) is 8.26. The first-order valence-electron chi connectivity index (χ1n) is 5.10. The summed E-state index contributed by atoms with van der Waals surface area (Å²) in [5, 5.41) is -1.21. The topological polar surface area (TPSA) is 77.5 Å². The van der Waals surface area contributed by atoms with Crippen molar-refractivity contribution in [3.8, 4) is 0 Å². The van der Waals surface area contributed by atoms with E-state index in [2.05, 4.69) is 3.63 Å². The molecule has 0 bridgehead atoms. The number of hydrogen-bond donors (Lipinski definition) is 0. The van der Waals surface area contributed by atoms with Gasteiger partial charge in [0.1, 0.15) is 0 Å². The Balaban J connectivity index is 2.06. The van der Waals surface area contributed by atoms with E-state index in [1.807, 2.05) is 0 Å². The van der Waals surface area contributed by atoms with Gasteiger partial charge in [0.2, 0.25) is 0 Å². The van der Waals surface area contributed by atoms with Gasteiger partial charge in [-0.2, -0.15) is 16.8 Å². The van der Waals surface area contributed by atoms with Crippen molar-refractivity contribution >= 4 is 20.2 Å². The van der Waals surface area contributed by atoms with Crippen LogP contribution >= 0.6 is 0 Å². The van der Waals surface area contributed by atoms with Gasteiger partial charge in [-0.1, -0.05) is 12.8 Å². The van der Waals surface area contributed by atoms with Crippen molar-refractivity contribution in [2.75, 3.05) is 0 Å². The molecule has 2 aliphatic carbocycles. The average Bonchev–Trinajstić information content (AvgIpc) is 1.68. The average molecular weight is 254 g/mol. The van der Waals surface area contributed by atoms with Crippen molar-refractivity contribution in [1.82, 2.24) is 0 Å². The van der Waals surface area contributed by atoms with Gasteiger partial charge in [-0.05, 0) is 25.7 Å². The maximum Gasteiger partial charge on any atom is 0.284 e. The van der Waals surface area contributed by atoms with Crippen molar-refractivity contribution in [3.63, 3.8) is 0 Å². The molecule has 88 valence electrons. The summed E-state index contributed by atoms with van der Waals surface area (Å²) in [5.74, 6) is 0. The van der Waals surface area contributed by atoms with E-state index in [-0.39, 0.29) is 0 Å². The molecule has 0 saturated heterocycles. The second-order valence-corrected chi connectivity index (χ2v) is 8.01. The van der Waals surface area contributed by atoms with E-state index in [1.54, 1.807) is 0 Å². The highest BCUT2D eigenvalue weighted by molar-refractivity contribution is 8.00. The predicted octanol–water partition coefficient (Wildman–Crippen LogP) is 0.768. The molecule has 2 aliphatic rings. The standard InChI is InChI=1S/C8H14O5S2/c9-14(10,7-3-1-4-7)13-15(11,12)8-5-2-6-8/h7-8H,1-6H2. The first-order valence-corrected chi connectivity index (χ1v) is 8.05. The van der Waals surface area contributed by atoms with Crippen LogP contribution in [-0.4, -0.2) is 27.3 Å². The lowest BCUT2D eigenvalue weighted by Crippen LogP contribution is -2.37. The molecule has 0 atom stereocenters. The summed E-state index contributed by atoms with van der Waals surface area (Å²) in [6.45, 7) is 0. The Kier molecular flexibility index (Phi) is 2.81. The Hall–Kier alpha value is -0.140. The fourth-order valence-electron chi connectivity index (χ4n) is 1.56. The molecule has 2 saturated carbocycles. The van der Waals surface area contributed by atoms with E-state index in [9.17, 15) is 16.8 Å². The fourth-order valence-corrected chi connectivity index (χ4v) is 5.33. The summed E-state index contributed by atoms with van der Waals surface area (Å²) in [4.78, 5) is 0. The third-order valence-corrected chi connectivity index (χ3v) is 7.20. The van der Waals surface area contributed by atoms with Crippen LogP contribution in [0, 0.1) is 0 Å². The van der Waals surface area contributed by atoms with Crippen molar-refractivity contribution in [2.45, 2.75) is 49.0 Å². The summed E-state index contributed by atoms with van der Waals surface area (Å²) < 4.78 is 50.3. The third-order valence-electron chi connectivity index (χ3n) is 3.11. The van der Waals surface area contributed by atoms with E-state index in [0.29, 0.717) is 25.7 Å². The largest absolute Gasteiger partial charge is 0.284 e. The first kappa shape index (κ1) is 11.3. The Morgan fingerprint density at radius 2 is 1.07 bits per heavy atom. The molecule has 0 radical (unpaired) electrons. The van der Waals surface area contributed by atoms with Gasteiger partial charge >= 0.3 is 0 Å². The van der Waals surface area contributed by atoms with E-state index in [0.717, 1.165) is 12.8 Å². The SMILES string of the molecule is O=S(=O)(OS(=O)(=O)C1CCC1)C1CCC1. The molecule has 5 nitrogen and oxygen atoms in total. The van der Waals surface area contributed by atoms with Crippen molar-refractivity contribution in [2.24, 2.45) is 0 Å². The summed E-state index contributed by atoms with van der Waals surface area (Å²) in [7, 11) is -7.78. The van der Waals surface area contributed by atoms with Crippen molar-refractivity contribution in [1.29, 1.82) is 0 Å². The molecule has 2 fully saturated rings. The second kappa shape index (κ2) is 3.71. The van der Waals surface area contributed by atoms with Crippen LogP contribution in [0.2, 0.25) is 0 Å². The molecule has 0 aromatic carbocycles. The van der Waals surface area contributed by atoms with Gasteiger partial charge in [0.25, 0.3) is 20.2 Å². The molecule has 0 aromatic rings. The lowest BCUT2D eigenvalue weighted by molar-refractivity contribution is 0.388. The molecule has 0 aliphatic heterocycles. The highest BCUT2D eigenvalue weighted by Crippen LogP contribution is 2.32. The zero-order chi connectivity index (χ0) is 11.1. The normalized spacial score (nSPS) is 24.5. The minimum atomic E-state index is -3.89. The summed E-state index contributed by atoms with van der Waals surface area (Å²) in [6, 6.07) is 0. The van der Waals surface area contributed by atoms with Gasteiger partial charge in [0.05, 0.1) is 10.5 Å². The maximum atomic E-state index is 11.5. The predicted molar refractivity (Wildman–Crippen MR) is 54.2 cm³/mol. The van der Waals surface area contributed by atoms with Crippen LogP contribution in [0.15, 0.2) is 0 Å². The molecule has 15 heavy (non-hydrogen) atoms. The van der Waals surface area contributed by atoms with Crippen LogP contribution in [0.25, 0.3) is 0 Å². The van der Waals surface area contributed by atoms with Crippen LogP contribution in [-0.2, 0) is 23.9 Å². The molecule has 0 heterocycles. The van der Waals surface area contributed by atoms with Crippen molar-refractivity contribution in [3.05, 3.63) is 0 Å². The quantitative estimate of drug-likeness (QED) is 0.740. The molecular weight excluding hydrogens is 240 g/mol. The fraction of sp³-hybridized carbons (Fsp3) is 1.00. The van der Waals surface area contributed by atoms with E-state index in [4.69, 9.17) is 0 Å². The zero-order valence-corrected chi connectivity index (χ0v) is 9.89. The Bertz CT molecular complexity index is 386. The van der Waals surface area contributed by atoms with Gasteiger partial charge < -0.3 is 0 Å². The van der Waals surface area contributed by atoms with Crippen LogP contribution in [0.4, 0.5) is 0 Å². The van der Waals surface area contributed by atoms with E-state index >= 15 is 0 Å². The minimum absolute atomic E-state index is 0.516. The highest BCUT2D eigenvalue weighted by Gasteiger charge is 2.40. The van der Waals surface area contributed by atoms with Gasteiger partial charge in [0.15, 0.2) is 0 Å². The maximum absolute atomic E-state index is 11.5. The molecule has 7 heteroatoms. The van der Waals surface area contributed by atoms with Crippen LogP contribution in [0.5, 0.6) is 0 Å². The summed E-state index contributed by atoms with van der Waals surface area (Å²) >= 11 is 0. The molecule has 0 aromatic heterocycles. The second-order valence-electron chi connectivity index (χ2n) is 4.16. The molecule has 0 spiro atoms. The first-order chi connectivity index (χ1) is 6.92.